The van der Waals surface area contributed by atoms with E-state index in [4.69, 9.17) is 10.00 Å². The normalized spacial score (nSPS) is 10.5. The smallest absolute Gasteiger partial charge is 0.159 e. The first-order chi connectivity index (χ1) is 11.2. The fourth-order valence-corrected chi connectivity index (χ4v) is 2.09. The van der Waals surface area contributed by atoms with Crippen molar-refractivity contribution in [2.24, 2.45) is 0 Å². The quantitative estimate of drug-likeness (QED) is 0.739. The van der Waals surface area contributed by atoms with Gasteiger partial charge in [-0.3, -0.25) is 9.97 Å². The van der Waals surface area contributed by atoms with Gasteiger partial charge in [0.05, 0.1) is 29.7 Å². The van der Waals surface area contributed by atoms with Gasteiger partial charge in [0.15, 0.2) is 11.6 Å². The van der Waals surface area contributed by atoms with E-state index >= 15 is 0 Å². The Balaban J connectivity index is 1.76. The second-order valence-electron chi connectivity index (χ2n) is 4.92. The molecule has 3 aromatic rings. The maximum Gasteiger partial charge on any atom is 0.159 e. The molecule has 0 aliphatic heterocycles. The summed E-state index contributed by atoms with van der Waals surface area (Å²) in [6, 6.07) is 9.17. The molecule has 4 nitrogen and oxygen atoms in total. The fourth-order valence-electron chi connectivity index (χ4n) is 2.09. The van der Waals surface area contributed by atoms with Crippen LogP contribution in [0.5, 0.6) is 5.75 Å². The molecule has 3 rings (SSSR count). The standard InChI is InChI=1S/C17H11F2N3O/c18-14-2-1-12(5-15(14)19)10-23-13-7-17-16(22-9-13)6-11(3-4-20)8-21-17/h1-2,5-9H,3,10H2. The molecular formula is C17H11F2N3O. The molecule has 0 atom stereocenters. The van der Waals surface area contributed by atoms with E-state index in [1.807, 2.05) is 0 Å². The molecule has 0 N–H and O–H groups in total. The SMILES string of the molecule is N#CCc1cnc2cc(OCc3ccc(F)c(F)c3)cnc2c1. The molecule has 0 aliphatic carbocycles. The Morgan fingerprint density at radius 2 is 1.74 bits per heavy atom. The molecule has 0 spiro atoms. The minimum atomic E-state index is -0.908. The molecule has 114 valence electrons. The molecule has 1 aromatic carbocycles. The molecule has 23 heavy (non-hydrogen) atoms. The second-order valence-corrected chi connectivity index (χ2v) is 4.92. The van der Waals surface area contributed by atoms with Crippen LogP contribution in [0.25, 0.3) is 11.0 Å². The van der Waals surface area contributed by atoms with Crippen LogP contribution in [0.4, 0.5) is 8.78 Å². The first-order valence-corrected chi connectivity index (χ1v) is 6.84. The summed E-state index contributed by atoms with van der Waals surface area (Å²) >= 11 is 0. The number of halogens is 2. The Hall–Kier alpha value is -3.07. The summed E-state index contributed by atoms with van der Waals surface area (Å²) in [5.74, 6) is -1.32. The minimum Gasteiger partial charge on any atom is -0.487 e. The van der Waals surface area contributed by atoms with Crippen molar-refractivity contribution in [2.75, 3.05) is 0 Å². The van der Waals surface area contributed by atoms with E-state index in [0.717, 1.165) is 17.7 Å². The molecule has 0 saturated heterocycles. The molecule has 0 unspecified atom stereocenters. The van der Waals surface area contributed by atoms with Gasteiger partial charge in [-0.15, -0.1) is 0 Å². The van der Waals surface area contributed by atoms with Crippen molar-refractivity contribution in [1.82, 2.24) is 9.97 Å². The van der Waals surface area contributed by atoms with E-state index in [1.165, 1.54) is 12.3 Å². The lowest BCUT2D eigenvalue weighted by atomic mass is 10.2. The van der Waals surface area contributed by atoms with Crippen LogP contribution in [0.15, 0.2) is 42.7 Å². The summed E-state index contributed by atoms with van der Waals surface area (Å²) in [6.07, 6.45) is 3.42. The van der Waals surface area contributed by atoms with Gasteiger partial charge < -0.3 is 4.74 Å². The highest BCUT2D eigenvalue weighted by molar-refractivity contribution is 5.75. The maximum absolute atomic E-state index is 13.1. The predicted octanol–water partition coefficient (Wildman–Crippen LogP) is 3.55. The number of aromatic nitrogens is 2. The number of hydrogen-bond donors (Lipinski definition) is 0. The number of ether oxygens (including phenoxy) is 1. The summed E-state index contributed by atoms with van der Waals surface area (Å²) < 4.78 is 31.5. The van der Waals surface area contributed by atoms with Crippen molar-refractivity contribution in [3.8, 4) is 11.8 Å². The van der Waals surface area contributed by atoms with E-state index in [1.54, 1.807) is 18.3 Å². The average molecular weight is 311 g/mol. The first kappa shape index (κ1) is 14.9. The average Bonchev–Trinajstić information content (AvgIpc) is 2.56. The molecule has 0 saturated carbocycles. The lowest BCUT2D eigenvalue weighted by Crippen LogP contribution is -1.98. The van der Waals surface area contributed by atoms with Crippen LogP contribution in [0.3, 0.4) is 0 Å². The highest BCUT2D eigenvalue weighted by Crippen LogP contribution is 2.19. The Morgan fingerprint density at radius 1 is 0.957 bits per heavy atom. The van der Waals surface area contributed by atoms with Crippen molar-refractivity contribution >= 4 is 11.0 Å². The highest BCUT2D eigenvalue weighted by Gasteiger charge is 2.05. The Bertz CT molecular complexity index is 906. The Labute approximate surface area is 131 Å². The molecule has 6 heteroatoms. The van der Waals surface area contributed by atoms with Gasteiger partial charge in [-0.05, 0) is 29.3 Å². The van der Waals surface area contributed by atoms with Crippen molar-refractivity contribution in [1.29, 1.82) is 5.26 Å². The molecule has 0 radical (unpaired) electrons. The minimum absolute atomic E-state index is 0.0941. The first-order valence-electron chi connectivity index (χ1n) is 6.84. The highest BCUT2D eigenvalue weighted by atomic mass is 19.2. The summed E-state index contributed by atoms with van der Waals surface area (Å²) in [5.41, 5.74) is 2.61. The van der Waals surface area contributed by atoms with Gasteiger partial charge in [0, 0.05) is 12.3 Å². The molecule has 0 bridgehead atoms. The summed E-state index contributed by atoms with van der Waals surface area (Å²) in [4.78, 5) is 8.47. The zero-order chi connectivity index (χ0) is 16.2. The fraction of sp³-hybridized carbons (Fsp3) is 0.118. The molecular weight excluding hydrogens is 300 g/mol. The number of benzene rings is 1. The monoisotopic (exact) mass is 311 g/mol. The third kappa shape index (κ3) is 3.40. The van der Waals surface area contributed by atoms with Crippen LogP contribution in [0.1, 0.15) is 11.1 Å². The number of nitrogens with zero attached hydrogens (tertiary/aromatic N) is 3. The van der Waals surface area contributed by atoms with Crippen molar-refractivity contribution in [3.05, 3.63) is 65.5 Å². The largest absolute Gasteiger partial charge is 0.487 e. The van der Waals surface area contributed by atoms with Gasteiger partial charge in [-0.2, -0.15) is 5.26 Å². The molecule has 0 aliphatic rings. The van der Waals surface area contributed by atoms with E-state index in [0.29, 0.717) is 22.3 Å². The predicted molar refractivity (Wildman–Crippen MR) is 79.5 cm³/mol. The lowest BCUT2D eigenvalue weighted by Gasteiger charge is -2.07. The third-order valence-electron chi connectivity index (χ3n) is 3.24. The van der Waals surface area contributed by atoms with Crippen molar-refractivity contribution in [2.45, 2.75) is 13.0 Å². The summed E-state index contributed by atoms with van der Waals surface area (Å²) in [5, 5.41) is 8.68. The van der Waals surface area contributed by atoms with Gasteiger partial charge in [0.1, 0.15) is 12.4 Å². The van der Waals surface area contributed by atoms with E-state index in [9.17, 15) is 8.78 Å². The van der Waals surface area contributed by atoms with E-state index in [2.05, 4.69) is 16.0 Å². The number of rotatable bonds is 4. The third-order valence-corrected chi connectivity index (χ3v) is 3.24. The van der Waals surface area contributed by atoms with Gasteiger partial charge >= 0.3 is 0 Å². The van der Waals surface area contributed by atoms with Crippen molar-refractivity contribution in [3.63, 3.8) is 0 Å². The Morgan fingerprint density at radius 3 is 2.52 bits per heavy atom. The van der Waals surface area contributed by atoms with Crippen LogP contribution < -0.4 is 4.74 Å². The summed E-state index contributed by atoms with van der Waals surface area (Å²) in [7, 11) is 0. The summed E-state index contributed by atoms with van der Waals surface area (Å²) in [6.45, 7) is 0.0941. The van der Waals surface area contributed by atoms with Crippen molar-refractivity contribution < 1.29 is 13.5 Å². The van der Waals surface area contributed by atoms with Gasteiger partial charge in [-0.1, -0.05) is 6.07 Å². The van der Waals surface area contributed by atoms with Crippen LogP contribution >= 0.6 is 0 Å². The topological polar surface area (TPSA) is 58.8 Å². The van der Waals surface area contributed by atoms with Gasteiger partial charge in [-0.25, -0.2) is 8.78 Å². The number of hydrogen-bond acceptors (Lipinski definition) is 4. The molecule has 0 fully saturated rings. The number of nitriles is 1. The lowest BCUT2D eigenvalue weighted by molar-refractivity contribution is 0.304. The van der Waals surface area contributed by atoms with Gasteiger partial charge in [0.2, 0.25) is 0 Å². The number of pyridine rings is 2. The van der Waals surface area contributed by atoms with E-state index < -0.39 is 11.6 Å². The molecule has 2 aromatic heterocycles. The van der Waals surface area contributed by atoms with Crippen LogP contribution in [-0.2, 0) is 13.0 Å². The van der Waals surface area contributed by atoms with Gasteiger partial charge in [0.25, 0.3) is 0 Å². The maximum atomic E-state index is 13.1. The molecule has 2 heterocycles. The van der Waals surface area contributed by atoms with E-state index in [-0.39, 0.29) is 13.0 Å². The zero-order valence-electron chi connectivity index (χ0n) is 12.0. The number of fused-ring (bicyclic) bond motifs is 1. The van der Waals surface area contributed by atoms with Crippen LogP contribution in [0.2, 0.25) is 0 Å². The molecule has 0 amide bonds. The Kier molecular flexibility index (Phi) is 4.11. The van der Waals surface area contributed by atoms with Crippen LogP contribution in [0, 0.1) is 23.0 Å². The van der Waals surface area contributed by atoms with Crippen LogP contribution in [-0.4, -0.2) is 9.97 Å². The zero-order valence-corrected chi connectivity index (χ0v) is 12.0. The second kappa shape index (κ2) is 6.36.